The second-order valence-corrected chi connectivity index (χ2v) is 11.4. The van der Waals surface area contributed by atoms with E-state index in [1.54, 1.807) is 18.6 Å². The van der Waals surface area contributed by atoms with Crippen LogP contribution in [-0.2, 0) is 0 Å². The molecule has 4 heterocycles. The molecule has 6 nitrogen and oxygen atoms in total. The molecule has 0 saturated carbocycles. The summed E-state index contributed by atoms with van der Waals surface area (Å²) in [5.74, 6) is 0.620. The van der Waals surface area contributed by atoms with Crippen LogP contribution in [0.4, 0.5) is 0 Å². The largest absolute Gasteiger partial charge is 0.272 e. The van der Waals surface area contributed by atoms with Gasteiger partial charge in [-0.2, -0.15) is 0 Å². The highest BCUT2D eigenvalue weighted by atomic mass is 14.9. The standard InChI is InChI=1S/C43H32N6/c1-3-30(10-17-44-2)38-26-39(33-15-22-47-23-16-33)28-40(27-38)43-48-41(36-8-4-6-34(24-36)31-11-18-45-19-12-31)29-42(49-43)37-9-5-7-35(25-37)32-13-20-46-21-14-32/h3-29H,2H2,1H3/b17-10-,30-3+. The molecule has 0 unspecified atom stereocenters. The summed E-state index contributed by atoms with van der Waals surface area (Å²) < 4.78 is 0. The summed E-state index contributed by atoms with van der Waals surface area (Å²) in [5.41, 5.74) is 13.0. The number of aromatic nitrogens is 5. The molecule has 6 heteroatoms. The van der Waals surface area contributed by atoms with Gasteiger partial charge in [-0.05, 0) is 137 Å². The predicted octanol–water partition coefficient (Wildman–Crippen LogP) is 10.3. The molecule has 0 saturated heterocycles. The summed E-state index contributed by atoms with van der Waals surface area (Å²) in [6.07, 6.45) is 16.6. The fourth-order valence-electron chi connectivity index (χ4n) is 5.80. The topological polar surface area (TPSA) is 76.8 Å². The molecule has 0 atom stereocenters. The van der Waals surface area contributed by atoms with Crippen LogP contribution in [-0.4, -0.2) is 31.6 Å². The highest BCUT2D eigenvalue weighted by Gasteiger charge is 2.15. The molecule has 0 fully saturated rings. The van der Waals surface area contributed by atoms with Gasteiger partial charge >= 0.3 is 0 Å². The molecule has 0 amide bonds. The molecule has 234 valence electrons. The predicted molar refractivity (Wildman–Crippen MR) is 200 cm³/mol. The molecular formula is C43H32N6. The Morgan fingerprint density at radius 1 is 0.510 bits per heavy atom. The van der Waals surface area contributed by atoms with E-state index in [1.807, 2.05) is 74.2 Å². The zero-order valence-corrected chi connectivity index (χ0v) is 27.0. The van der Waals surface area contributed by atoms with Crippen LogP contribution < -0.4 is 0 Å². The third-order valence-electron chi connectivity index (χ3n) is 8.28. The molecule has 0 spiro atoms. The third-order valence-corrected chi connectivity index (χ3v) is 8.28. The molecule has 0 aliphatic heterocycles. The van der Waals surface area contributed by atoms with Gasteiger partial charge in [0.25, 0.3) is 0 Å². The lowest BCUT2D eigenvalue weighted by molar-refractivity contribution is 1.18. The molecule has 0 bridgehead atoms. The summed E-state index contributed by atoms with van der Waals surface area (Å²) in [5, 5.41) is 0. The molecule has 3 aromatic carbocycles. The van der Waals surface area contributed by atoms with Crippen molar-refractivity contribution in [2.45, 2.75) is 6.92 Å². The van der Waals surface area contributed by atoms with Crippen molar-refractivity contribution in [3.8, 4) is 67.3 Å². The average molecular weight is 633 g/mol. The fraction of sp³-hybridized carbons (Fsp3) is 0.0233. The Labute approximate surface area is 286 Å². The Balaban J connectivity index is 1.44. The minimum Gasteiger partial charge on any atom is -0.272 e. The highest BCUT2D eigenvalue weighted by Crippen LogP contribution is 2.34. The van der Waals surface area contributed by atoms with Crippen LogP contribution in [0, 0.1) is 0 Å². The number of rotatable bonds is 9. The number of benzene rings is 3. The summed E-state index contributed by atoms with van der Waals surface area (Å²) in [7, 11) is 0. The number of hydrogen-bond donors (Lipinski definition) is 0. The zero-order valence-electron chi connectivity index (χ0n) is 27.0. The van der Waals surface area contributed by atoms with E-state index in [4.69, 9.17) is 9.97 Å². The monoisotopic (exact) mass is 632 g/mol. The van der Waals surface area contributed by atoms with Gasteiger partial charge in [0.05, 0.1) is 11.4 Å². The van der Waals surface area contributed by atoms with Crippen LogP contribution in [0.5, 0.6) is 0 Å². The van der Waals surface area contributed by atoms with E-state index in [9.17, 15) is 0 Å². The molecule has 7 rings (SSSR count). The Kier molecular flexibility index (Phi) is 9.10. The van der Waals surface area contributed by atoms with E-state index in [0.717, 1.165) is 72.6 Å². The Morgan fingerprint density at radius 2 is 0.959 bits per heavy atom. The average Bonchev–Trinajstić information content (AvgIpc) is 3.19. The van der Waals surface area contributed by atoms with Crippen molar-refractivity contribution in [3.05, 3.63) is 170 Å². The van der Waals surface area contributed by atoms with Gasteiger partial charge in [-0.15, -0.1) is 0 Å². The van der Waals surface area contributed by atoms with E-state index in [1.165, 1.54) is 0 Å². The van der Waals surface area contributed by atoms with Crippen molar-refractivity contribution in [3.63, 3.8) is 0 Å². The maximum absolute atomic E-state index is 5.23. The van der Waals surface area contributed by atoms with Crippen LogP contribution in [0.3, 0.4) is 0 Å². The van der Waals surface area contributed by atoms with Gasteiger partial charge in [0, 0.05) is 60.1 Å². The molecular weight excluding hydrogens is 601 g/mol. The lowest BCUT2D eigenvalue weighted by Gasteiger charge is -2.14. The van der Waals surface area contributed by atoms with E-state index in [-0.39, 0.29) is 0 Å². The van der Waals surface area contributed by atoms with Gasteiger partial charge in [0.15, 0.2) is 5.82 Å². The van der Waals surface area contributed by atoms with Gasteiger partial charge in [-0.25, -0.2) is 9.97 Å². The van der Waals surface area contributed by atoms with Crippen LogP contribution in [0.2, 0.25) is 0 Å². The van der Waals surface area contributed by atoms with Crippen molar-refractivity contribution < 1.29 is 0 Å². The summed E-state index contributed by atoms with van der Waals surface area (Å²) in [6, 6.07) is 37.5. The summed E-state index contributed by atoms with van der Waals surface area (Å²) >= 11 is 0. The first-order valence-corrected chi connectivity index (χ1v) is 15.9. The maximum Gasteiger partial charge on any atom is 0.160 e. The Morgan fingerprint density at radius 3 is 1.45 bits per heavy atom. The summed E-state index contributed by atoms with van der Waals surface area (Å²) in [6.45, 7) is 5.64. The van der Waals surface area contributed by atoms with Crippen LogP contribution in [0.25, 0.3) is 72.9 Å². The van der Waals surface area contributed by atoms with Crippen LogP contribution in [0.15, 0.2) is 170 Å². The Bertz CT molecular complexity index is 2190. The number of allylic oxidation sites excluding steroid dienone is 3. The lowest BCUT2D eigenvalue weighted by atomic mass is 9.95. The minimum absolute atomic E-state index is 0.620. The third kappa shape index (κ3) is 7.04. The molecule has 0 N–H and O–H groups in total. The van der Waals surface area contributed by atoms with Gasteiger partial charge < -0.3 is 0 Å². The lowest BCUT2D eigenvalue weighted by Crippen LogP contribution is -1.98. The number of aliphatic imine (C=N–C) groups is 1. The summed E-state index contributed by atoms with van der Waals surface area (Å²) in [4.78, 5) is 27.0. The maximum atomic E-state index is 5.23. The second-order valence-electron chi connectivity index (χ2n) is 11.4. The van der Waals surface area contributed by atoms with Crippen LogP contribution >= 0.6 is 0 Å². The van der Waals surface area contributed by atoms with Gasteiger partial charge in [0.1, 0.15) is 0 Å². The molecule has 0 aliphatic carbocycles. The van der Waals surface area contributed by atoms with Crippen molar-refractivity contribution >= 4 is 12.3 Å². The van der Waals surface area contributed by atoms with E-state index >= 15 is 0 Å². The fourth-order valence-corrected chi connectivity index (χ4v) is 5.80. The van der Waals surface area contributed by atoms with Gasteiger partial charge in [-0.1, -0.05) is 42.5 Å². The second kappa shape index (κ2) is 14.4. The number of hydrogen-bond acceptors (Lipinski definition) is 6. The van der Waals surface area contributed by atoms with Crippen molar-refractivity contribution in [1.82, 2.24) is 24.9 Å². The molecule has 0 radical (unpaired) electrons. The number of nitrogens with zero attached hydrogens (tertiary/aromatic N) is 6. The van der Waals surface area contributed by atoms with E-state index in [0.29, 0.717) is 5.82 Å². The first-order chi connectivity index (χ1) is 24.2. The first kappa shape index (κ1) is 31.0. The molecule has 7 aromatic rings. The Hall–Kier alpha value is -6.66. The van der Waals surface area contributed by atoms with Gasteiger partial charge in [0.2, 0.25) is 0 Å². The first-order valence-electron chi connectivity index (χ1n) is 15.9. The SMILES string of the molecule is C=N/C=C\C(=C/C)c1cc(-c2ccncc2)cc(-c2nc(-c3cccc(-c4ccncc4)c3)cc(-c3cccc(-c4ccncc4)c3)n2)c1. The normalized spacial score (nSPS) is 11.5. The zero-order chi connectivity index (χ0) is 33.4. The number of pyridine rings is 3. The van der Waals surface area contributed by atoms with Crippen molar-refractivity contribution in [1.29, 1.82) is 0 Å². The van der Waals surface area contributed by atoms with E-state index < -0.39 is 0 Å². The highest BCUT2D eigenvalue weighted by molar-refractivity contribution is 5.83. The van der Waals surface area contributed by atoms with Crippen LogP contribution in [0.1, 0.15) is 12.5 Å². The molecule has 49 heavy (non-hydrogen) atoms. The molecule has 0 aliphatic rings. The van der Waals surface area contributed by atoms with E-state index in [2.05, 4.69) is 106 Å². The van der Waals surface area contributed by atoms with Crippen molar-refractivity contribution in [2.24, 2.45) is 4.99 Å². The van der Waals surface area contributed by atoms with Crippen molar-refractivity contribution in [2.75, 3.05) is 0 Å². The smallest absolute Gasteiger partial charge is 0.160 e. The quantitative estimate of drug-likeness (QED) is 0.117. The van der Waals surface area contributed by atoms with Gasteiger partial charge in [-0.3, -0.25) is 19.9 Å². The molecule has 4 aromatic heterocycles. The minimum atomic E-state index is 0.620.